The van der Waals surface area contributed by atoms with Crippen molar-refractivity contribution in [1.82, 2.24) is 14.9 Å². The number of carbonyl (C=O) groups excluding carboxylic acids is 2. The number of amides is 2. The third kappa shape index (κ3) is 7.15. The largest absolute Gasteiger partial charge is 0.352 e. The van der Waals surface area contributed by atoms with Gasteiger partial charge in [0, 0.05) is 25.2 Å². The van der Waals surface area contributed by atoms with Gasteiger partial charge in [-0.2, -0.15) is 0 Å². The Morgan fingerprint density at radius 3 is 2.48 bits per heavy atom. The molecule has 0 aromatic heterocycles. The first-order valence-electron chi connectivity index (χ1n) is 9.19. The topological polar surface area (TPSA) is 95.6 Å². The zero-order chi connectivity index (χ0) is 19.7. The molecule has 0 radical (unpaired) electrons. The van der Waals surface area contributed by atoms with E-state index in [4.69, 9.17) is 0 Å². The van der Waals surface area contributed by atoms with Gasteiger partial charge in [-0.15, -0.1) is 0 Å². The van der Waals surface area contributed by atoms with Crippen LogP contribution < -0.4 is 10.6 Å². The number of benzene rings is 1. The van der Waals surface area contributed by atoms with Crippen LogP contribution in [0.4, 0.5) is 0 Å². The third-order valence-electron chi connectivity index (χ3n) is 4.32. The van der Waals surface area contributed by atoms with Crippen molar-refractivity contribution in [2.75, 3.05) is 25.4 Å². The van der Waals surface area contributed by atoms with Crippen LogP contribution in [-0.4, -0.2) is 56.0 Å². The predicted molar refractivity (Wildman–Crippen MR) is 105 cm³/mol. The molecule has 0 unspecified atom stereocenters. The highest BCUT2D eigenvalue weighted by Crippen LogP contribution is 2.15. The van der Waals surface area contributed by atoms with Crippen LogP contribution >= 0.6 is 0 Å². The zero-order valence-corrected chi connectivity index (χ0v) is 16.4. The van der Waals surface area contributed by atoms with Crippen molar-refractivity contribution in [3.05, 3.63) is 42.0 Å². The lowest BCUT2D eigenvalue weighted by Gasteiger charge is -2.31. The van der Waals surface area contributed by atoms with Gasteiger partial charge >= 0.3 is 0 Å². The van der Waals surface area contributed by atoms with Gasteiger partial charge in [-0.3, -0.25) is 9.59 Å². The smallest absolute Gasteiger partial charge is 0.244 e. The molecule has 1 heterocycles. The van der Waals surface area contributed by atoms with Crippen molar-refractivity contribution < 1.29 is 18.0 Å². The normalized spacial score (nSPS) is 16.3. The fraction of sp³-hybridized carbons (Fsp3) is 0.474. The molecule has 0 saturated carbocycles. The van der Waals surface area contributed by atoms with Crippen molar-refractivity contribution in [1.29, 1.82) is 0 Å². The standard InChI is InChI=1S/C19H27N3O4S/c1-2-14-27(25,26)22-12-10-17(11-13-22)21-19(24)15-20-18(23)9-8-16-6-4-3-5-7-16/h3-9,17H,2,10-15H2,1H3,(H,20,23)(H,21,24)/b9-8+. The van der Waals surface area contributed by atoms with Crippen molar-refractivity contribution in [2.24, 2.45) is 0 Å². The first-order chi connectivity index (χ1) is 12.9. The molecule has 0 spiro atoms. The van der Waals surface area contributed by atoms with E-state index in [0.29, 0.717) is 32.4 Å². The quantitative estimate of drug-likeness (QED) is 0.648. The molecule has 1 aromatic carbocycles. The van der Waals surface area contributed by atoms with E-state index >= 15 is 0 Å². The van der Waals surface area contributed by atoms with Crippen molar-refractivity contribution in [3.8, 4) is 0 Å². The van der Waals surface area contributed by atoms with Crippen LogP contribution in [0.1, 0.15) is 31.7 Å². The van der Waals surface area contributed by atoms with Gasteiger partial charge in [0.15, 0.2) is 0 Å². The Kier molecular flexibility index (Phi) is 7.99. The molecule has 2 rings (SSSR count). The highest BCUT2D eigenvalue weighted by atomic mass is 32.2. The second kappa shape index (κ2) is 10.2. The number of rotatable bonds is 8. The van der Waals surface area contributed by atoms with E-state index in [0.717, 1.165) is 5.56 Å². The average Bonchev–Trinajstić information content (AvgIpc) is 2.66. The van der Waals surface area contributed by atoms with Gasteiger partial charge in [0.05, 0.1) is 12.3 Å². The van der Waals surface area contributed by atoms with Crippen molar-refractivity contribution in [2.45, 2.75) is 32.2 Å². The number of hydrogen-bond acceptors (Lipinski definition) is 4. The van der Waals surface area contributed by atoms with Gasteiger partial charge in [-0.25, -0.2) is 12.7 Å². The number of sulfonamides is 1. The molecule has 2 N–H and O–H groups in total. The van der Waals surface area contributed by atoms with E-state index in [2.05, 4.69) is 10.6 Å². The molecule has 8 heteroatoms. The molecular formula is C19H27N3O4S. The summed E-state index contributed by atoms with van der Waals surface area (Å²) in [5.41, 5.74) is 0.905. The highest BCUT2D eigenvalue weighted by molar-refractivity contribution is 7.89. The van der Waals surface area contributed by atoms with Crippen LogP contribution in [0.25, 0.3) is 6.08 Å². The summed E-state index contributed by atoms with van der Waals surface area (Å²) >= 11 is 0. The van der Waals surface area contributed by atoms with Crippen molar-refractivity contribution in [3.63, 3.8) is 0 Å². The Balaban J connectivity index is 1.69. The van der Waals surface area contributed by atoms with Gasteiger partial charge in [0.2, 0.25) is 21.8 Å². The van der Waals surface area contributed by atoms with E-state index < -0.39 is 10.0 Å². The molecular weight excluding hydrogens is 366 g/mol. The fourth-order valence-electron chi connectivity index (χ4n) is 2.91. The molecule has 1 aromatic rings. The monoisotopic (exact) mass is 393 g/mol. The second-order valence-corrected chi connectivity index (χ2v) is 8.61. The lowest BCUT2D eigenvalue weighted by Crippen LogP contribution is -2.48. The molecule has 0 aliphatic carbocycles. The second-order valence-electron chi connectivity index (χ2n) is 6.52. The summed E-state index contributed by atoms with van der Waals surface area (Å²) in [7, 11) is -3.18. The summed E-state index contributed by atoms with van der Waals surface area (Å²) < 4.78 is 25.6. The number of piperidine rings is 1. The summed E-state index contributed by atoms with van der Waals surface area (Å²) in [4.78, 5) is 23.8. The van der Waals surface area contributed by atoms with Crippen LogP contribution in [0.15, 0.2) is 36.4 Å². The molecule has 1 aliphatic rings. The molecule has 2 amide bonds. The maximum atomic E-state index is 12.0. The molecule has 1 saturated heterocycles. The zero-order valence-electron chi connectivity index (χ0n) is 15.6. The molecule has 1 aliphatic heterocycles. The average molecular weight is 394 g/mol. The summed E-state index contributed by atoms with van der Waals surface area (Å²) in [6.07, 6.45) is 4.82. The summed E-state index contributed by atoms with van der Waals surface area (Å²) in [5.74, 6) is -0.451. The molecule has 148 valence electrons. The Morgan fingerprint density at radius 1 is 1.19 bits per heavy atom. The minimum absolute atomic E-state index is 0.0673. The Bertz CT molecular complexity index is 754. The molecule has 0 bridgehead atoms. The maximum absolute atomic E-state index is 12.0. The summed E-state index contributed by atoms with van der Waals surface area (Å²) in [6, 6.07) is 9.34. The first kappa shape index (κ1) is 21.1. The van der Waals surface area contributed by atoms with Crippen LogP contribution in [0.2, 0.25) is 0 Å². The first-order valence-corrected chi connectivity index (χ1v) is 10.8. The lowest BCUT2D eigenvalue weighted by atomic mass is 10.1. The van der Waals surface area contributed by atoms with E-state index in [1.807, 2.05) is 37.3 Å². The van der Waals surface area contributed by atoms with Gasteiger partial charge in [-0.05, 0) is 30.9 Å². The maximum Gasteiger partial charge on any atom is 0.244 e. The summed E-state index contributed by atoms with van der Waals surface area (Å²) in [6.45, 7) is 2.57. The van der Waals surface area contributed by atoms with Gasteiger partial charge in [-0.1, -0.05) is 37.3 Å². The molecule has 0 atom stereocenters. The summed E-state index contributed by atoms with van der Waals surface area (Å²) in [5, 5.41) is 5.40. The highest BCUT2D eigenvalue weighted by Gasteiger charge is 2.27. The number of carbonyl (C=O) groups is 2. The van der Waals surface area contributed by atoms with E-state index in [-0.39, 0.29) is 30.2 Å². The van der Waals surface area contributed by atoms with Gasteiger partial charge < -0.3 is 10.6 Å². The minimum Gasteiger partial charge on any atom is -0.352 e. The molecule has 7 nitrogen and oxygen atoms in total. The van der Waals surface area contributed by atoms with Crippen LogP contribution in [0.5, 0.6) is 0 Å². The molecule has 1 fully saturated rings. The van der Waals surface area contributed by atoms with Crippen LogP contribution in [0, 0.1) is 0 Å². The van der Waals surface area contributed by atoms with Gasteiger partial charge in [0.25, 0.3) is 0 Å². The fourth-order valence-corrected chi connectivity index (χ4v) is 4.45. The SMILES string of the molecule is CCCS(=O)(=O)N1CCC(NC(=O)CNC(=O)/C=C/c2ccccc2)CC1. The third-order valence-corrected chi connectivity index (χ3v) is 6.40. The predicted octanol–water partition coefficient (Wildman–Crippen LogP) is 1.14. The number of nitrogens with one attached hydrogen (secondary N) is 2. The Morgan fingerprint density at radius 2 is 1.85 bits per heavy atom. The Hall–Kier alpha value is -2.19. The Labute approximate surface area is 160 Å². The lowest BCUT2D eigenvalue weighted by molar-refractivity contribution is -0.124. The van der Waals surface area contributed by atoms with Crippen LogP contribution in [0.3, 0.4) is 0 Å². The minimum atomic E-state index is -3.18. The van der Waals surface area contributed by atoms with E-state index in [9.17, 15) is 18.0 Å². The van der Waals surface area contributed by atoms with E-state index in [1.54, 1.807) is 6.08 Å². The molecule has 27 heavy (non-hydrogen) atoms. The van der Waals surface area contributed by atoms with Crippen molar-refractivity contribution >= 4 is 27.9 Å². The number of nitrogens with zero attached hydrogens (tertiary/aromatic N) is 1. The van der Waals surface area contributed by atoms with Crippen LogP contribution in [-0.2, 0) is 19.6 Å². The van der Waals surface area contributed by atoms with Gasteiger partial charge in [0.1, 0.15) is 0 Å². The van der Waals surface area contributed by atoms with E-state index in [1.165, 1.54) is 10.4 Å². The number of hydrogen-bond donors (Lipinski definition) is 2.